The molecule has 0 bridgehead atoms. The second-order valence-electron chi connectivity index (χ2n) is 7.22. The fraction of sp³-hybridized carbons (Fsp3) is 0.0435. The Kier molecular flexibility index (Phi) is 5.84. The van der Waals surface area contributed by atoms with E-state index in [9.17, 15) is 9.59 Å². The number of anilines is 2. The molecule has 3 heterocycles. The van der Waals surface area contributed by atoms with Crippen molar-refractivity contribution in [1.29, 1.82) is 0 Å². The highest BCUT2D eigenvalue weighted by atomic mass is 79.9. The van der Waals surface area contributed by atoms with E-state index in [-0.39, 0.29) is 17.8 Å². The Morgan fingerprint density at radius 2 is 2.00 bits per heavy atom. The number of para-hydroxylation sites is 1. The first kappa shape index (κ1) is 21.2. The number of aromatic amines is 2. The molecule has 5 rings (SSSR count). The molecule has 2 amide bonds. The number of carbonyl (C=O) groups is 2. The highest BCUT2D eigenvalue weighted by Crippen LogP contribution is 2.32. The number of fused-ring (bicyclic) bond motifs is 1. The summed E-state index contributed by atoms with van der Waals surface area (Å²) in [6.07, 6.45) is 1.73. The van der Waals surface area contributed by atoms with E-state index in [0.29, 0.717) is 27.9 Å². The first-order valence-electron chi connectivity index (χ1n) is 9.97. The average molecular weight is 521 g/mol. The highest BCUT2D eigenvalue weighted by molar-refractivity contribution is 9.10. The summed E-state index contributed by atoms with van der Waals surface area (Å²) in [5.74, 6) is 0.424. The predicted octanol–water partition coefficient (Wildman–Crippen LogP) is 4.93. The van der Waals surface area contributed by atoms with Crippen molar-refractivity contribution < 1.29 is 9.59 Å². The van der Waals surface area contributed by atoms with Gasteiger partial charge in [0.25, 0.3) is 11.8 Å². The number of amides is 2. The largest absolute Gasteiger partial charge is 0.351 e. The lowest BCUT2D eigenvalue weighted by atomic mass is 10.1. The standard InChI is InChI=1S/C23H17BrN6O2S/c24-14-5-3-4-13(10-14)12-33-23-28-22(29-30-23)27-21(32)19-9-8-15(25-19)11-17-16-6-1-2-7-18(16)26-20(17)31/h1-11,25H,12H2,(H,26,31)(H2,27,28,29,30,32)/b17-11-. The number of nitrogens with one attached hydrogen (secondary N) is 4. The summed E-state index contributed by atoms with van der Waals surface area (Å²) in [6, 6.07) is 18.9. The quantitative estimate of drug-likeness (QED) is 0.212. The van der Waals surface area contributed by atoms with Crippen LogP contribution in [0.25, 0.3) is 11.6 Å². The summed E-state index contributed by atoms with van der Waals surface area (Å²) >= 11 is 4.92. The monoisotopic (exact) mass is 520 g/mol. The van der Waals surface area contributed by atoms with Crippen LogP contribution >= 0.6 is 27.7 Å². The van der Waals surface area contributed by atoms with Gasteiger partial charge in [0.05, 0.1) is 5.57 Å². The minimum atomic E-state index is -0.365. The summed E-state index contributed by atoms with van der Waals surface area (Å²) in [4.78, 5) is 32.2. The molecule has 2 aromatic heterocycles. The third kappa shape index (κ3) is 4.76. The average Bonchev–Trinajstić information content (AvgIpc) is 3.52. The van der Waals surface area contributed by atoms with Gasteiger partial charge in [-0.3, -0.25) is 14.9 Å². The molecule has 10 heteroatoms. The van der Waals surface area contributed by atoms with Crippen molar-refractivity contribution in [1.82, 2.24) is 20.2 Å². The number of H-pyrrole nitrogens is 2. The van der Waals surface area contributed by atoms with E-state index in [0.717, 1.165) is 21.3 Å². The van der Waals surface area contributed by atoms with Crippen LogP contribution in [-0.2, 0) is 10.5 Å². The lowest BCUT2D eigenvalue weighted by Crippen LogP contribution is -2.13. The second kappa shape index (κ2) is 9.08. The van der Waals surface area contributed by atoms with Gasteiger partial charge in [-0.15, -0.1) is 5.10 Å². The molecule has 1 aliphatic rings. The molecule has 0 spiro atoms. The first-order chi connectivity index (χ1) is 16.0. The summed E-state index contributed by atoms with van der Waals surface area (Å²) in [6.45, 7) is 0. The van der Waals surface area contributed by atoms with Gasteiger partial charge >= 0.3 is 0 Å². The van der Waals surface area contributed by atoms with Crippen molar-refractivity contribution in [2.45, 2.75) is 10.9 Å². The molecule has 0 unspecified atom stereocenters. The zero-order chi connectivity index (χ0) is 22.8. The molecule has 164 valence electrons. The van der Waals surface area contributed by atoms with Crippen LogP contribution in [-0.4, -0.2) is 32.0 Å². The molecule has 4 aromatic rings. The van der Waals surface area contributed by atoms with Crippen LogP contribution in [0, 0.1) is 0 Å². The summed E-state index contributed by atoms with van der Waals surface area (Å²) < 4.78 is 1.02. The van der Waals surface area contributed by atoms with E-state index in [2.05, 4.69) is 46.7 Å². The van der Waals surface area contributed by atoms with Crippen LogP contribution in [0.2, 0.25) is 0 Å². The normalized spacial score (nSPS) is 13.7. The van der Waals surface area contributed by atoms with Gasteiger partial charge < -0.3 is 10.3 Å². The molecule has 0 saturated carbocycles. The van der Waals surface area contributed by atoms with E-state index >= 15 is 0 Å². The Balaban J connectivity index is 1.23. The number of carbonyl (C=O) groups excluding carboxylic acids is 2. The van der Waals surface area contributed by atoms with Crippen LogP contribution in [0.4, 0.5) is 11.6 Å². The maximum atomic E-state index is 12.6. The molecule has 33 heavy (non-hydrogen) atoms. The molecule has 4 N–H and O–H groups in total. The molecular weight excluding hydrogens is 504 g/mol. The zero-order valence-electron chi connectivity index (χ0n) is 17.1. The van der Waals surface area contributed by atoms with Crippen LogP contribution in [0.3, 0.4) is 0 Å². The maximum absolute atomic E-state index is 12.6. The smallest absolute Gasteiger partial charge is 0.274 e. The van der Waals surface area contributed by atoms with Crippen LogP contribution in [0.15, 0.2) is 70.3 Å². The van der Waals surface area contributed by atoms with Gasteiger partial charge in [0.1, 0.15) is 5.69 Å². The van der Waals surface area contributed by atoms with Gasteiger partial charge in [0.15, 0.2) is 0 Å². The lowest BCUT2D eigenvalue weighted by Gasteiger charge is -2.00. The van der Waals surface area contributed by atoms with Gasteiger partial charge in [-0.05, 0) is 42.0 Å². The number of benzene rings is 2. The van der Waals surface area contributed by atoms with Crippen molar-refractivity contribution in [3.05, 3.63) is 87.7 Å². The minimum Gasteiger partial charge on any atom is -0.351 e. The highest BCUT2D eigenvalue weighted by Gasteiger charge is 2.23. The van der Waals surface area contributed by atoms with E-state index < -0.39 is 0 Å². The van der Waals surface area contributed by atoms with E-state index in [1.165, 1.54) is 11.8 Å². The molecule has 0 saturated heterocycles. The third-order valence-corrected chi connectivity index (χ3v) is 6.33. The zero-order valence-corrected chi connectivity index (χ0v) is 19.5. The van der Waals surface area contributed by atoms with E-state index in [4.69, 9.17) is 0 Å². The van der Waals surface area contributed by atoms with Crippen molar-refractivity contribution in [3.63, 3.8) is 0 Å². The maximum Gasteiger partial charge on any atom is 0.274 e. The van der Waals surface area contributed by atoms with Crippen molar-refractivity contribution >= 4 is 62.8 Å². The fourth-order valence-electron chi connectivity index (χ4n) is 3.38. The Morgan fingerprint density at radius 3 is 2.88 bits per heavy atom. The summed E-state index contributed by atoms with van der Waals surface area (Å²) in [5, 5.41) is 12.9. The van der Waals surface area contributed by atoms with E-state index in [1.54, 1.807) is 18.2 Å². The summed E-state index contributed by atoms with van der Waals surface area (Å²) in [5.41, 5.74) is 4.27. The topological polar surface area (TPSA) is 116 Å². The summed E-state index contributed by atoms with van der Waals surface area (Å²) in [7, 11) is 0. The molecule has 0 radical (unpaired) electrons. The fourth-order valence-corrected chi connectivity index (χ4v) is 4.57. The number of hydrogen-bond acceptors (Lipinski definition) is 5. The van der Waals surface area contributed by atoms with Crippen LogP contribution in [0.1, 0.15) is 27.3 Å². The van der Waals surface area contributed by atoms with E-state index in [1.807, 2.05) is 48.5 Å². The predicted molar refractivity (Wildman–Crippen MR) is 132 cm³/mol. The van der Waals surface area contributed by atoms with Crippen molar-refractivity contribution in [3.8, 4) is 0 Å². The second-order valence-corrected chi connectivity index (χ2v) is 9.08. The van der Waals surface area contributed by atoms with Gasteiger partial charge in [-0.25, -0.2) is 5.10 Å². The van der Waals surface area contributed by atoms with Crippen molar-refractivity contribution in [2.24, 2.45) is 0 Å². The molecule has 0 atom stereocenters. The number of rotatable bonds is 6. The Bertz CT molecular complexity index is 1390. The molecule has 0 aliphatic carbocycles. The lowest BCUT2D eigenvalue weighted by molar-refractivity contribution is -0.110. The number of hydrogen-bond donors (Lipinski definition) is 4. The molecular formula is C23H17BrN6O2S. The number of thioether (sulfide) groups is 1. The van der Waals surface area contributed by atoms with Gasteiger partial charge in [0.2, 0.25) is 11.1 Å². The number of nitrogens with zero attached hydrogens (tertiary/aromatic N) is 2. The van der Waals surface area contributed by atoms with Gasteiger partial charge in [-0.1, -0.05) is 58.0 Å². The molecule has 0 fully saturated rings. The Morgan fingerprint density at radius 1 is 1.12 bits per heavy atom. The van der Waals surface area contributed by atoms with Crippen LogP contribution in [0.5, 0.6) is 0 Å². The SMILES string of the molecule is O=C1Nc2ccccc2/C1=C/c1ccc(C(=O)Nc2nc(SCc3cccc(Br)c3)n[nH]2)[nH]1. The Hall–Kier alpha value is -3.63. The third-order valence-electron chi connectivity index (χ3n) is 4.92. The van der Waals surface area contributed by atoms with Gasteiger partial charge in [0, 0.05) is 27.2 Å². The molecule has 8 nitrogen and oxygen atoms in total. The number of halogens is 1. The van der Waals surface area contributed by atoms with Crippen molar-refractivity contribution in [2.75, 3.05) is 10.6 Å². The molecule has 2 aromatic carbocycles. The number of aromatic nitrogens is 4. The Labute approximate surface area is 201 Å². The van der Waals surface area contributed by atoms with Gasteiger partial charge in [-0.2, -0.15) is 4.98 Å². The minimum absolute atomic E-state index is 0.175. The van der Waals surface area contributed by atoms with Crippen LogP contribution < -0.4 is 10.6 Å². The first-order valence-corrected chi connectivity index (χ1v) is 11.8. The molecule has 1 aliphatic heterocycles.